The number of carbonyl (C=O) groups excluding carboxylic acids is 1. The van der Waals surface area contributed by atoms with Gasteiger partial charge in [-0.1, -0.05) is 17.9 Å². The maximum Gasteiger partial charge on any atom is 0.251 e. The van der Waals surface area contributed by atoms with Crippen molar-refractivity contribution in [3.05, 3.63) is 57.3 Å². The van der Waals surface area contributed by atoms with E-state index in [1.807, 2.05) is 30.5 Å². The summed E-state index contributed by atoms with van der Waals surface area (Å²) >= 11 is 1.64. The average Bonchev–Trinajstić information content (AvgIpc) is 2.91. The van der Waals surface area contributed by atoms with Crippen molar-refractivity contribution >= 4 is 17.2 Å². The zero-order valence-electron chi connectivity index (χ0n) is 11.8. The molecule has 2 aromatic rings. The lowest BCUT2D eigenvalue weighted by molar-refractivity contribution is 0.0951. The second-order valence-corrected chi connectivity index (χ2v) is 5.57. The van der Waals surface area contributed by atoms with Crippen LogP contribution in [-0.2, 0) is 6.54 Å². The van der Waals surface area contributed by atoms with E-state index in [0.717, 1.165) is 5.56 Å². The summed E-state index contributed by atoms with van der Waals surface area (Å²) < 4.78 is 0. The lowest BCUT2D eigenvalue weighted by atomic mass is 10.1. The largest absolute Gasteiger partial charge is 0.395 e. The molecule has 108 valence electrons. The van der Waals surface area contributed by atoms with E-state index in [1.165, 1.54) is 10.4 Å². The number of aryl methyl sites for hydroxylation is 1. The minimum atomic E-state index is -0.103. The van der Waals surface area contributed by atoms with Gasteiger partial charge < -0.3 is 10.4 Å². The molecule has 2 N–H and O–H groups in total. The van der Waals surface area contributed by atoms with Crippen LogP contribution in [0.1, 0.15) is 32.8 Å². The third-order valence-electron chi connectivity index (χ3n) is 2.97. The summed E-state index contributed by atoms with van der Waals surface area (Å²) in [5.74, 6) is 5.68. The summed E-state index contributed by atoms with van der Waals surface area (Å²) in [4.78, 5) is 13.3. The molecule has 0 unspecified atom stereocenters. The van der Waals surface area contributed by atoms with Gasteiger partial charge in [0.2, 0.25) is 0 Å². The van der Waals surface area contributed by atoms with Crippen molar-refractivity contribution in [1.82, 2.24) is 5.32 Å². The van der Waals surface area contributed by atoms with Gasteiger partial charge in [-0.15, -0.1) is 11.3 Å². The molecule has 2 rings (SSSR count). The second-order valence-electron chi connectivity index (χ2n) is 4.57. The molecule has 0 aliphatic heterocycles. The van der Waals surface area contributed by atoms with Gasteiger partial charge in [0.15, 0.2) is 0 Å². The first-order chi connectivity index (χ1) is 10.2. The molecule has 21 heavy (non-hydrogen) atoms. The van der Waals surface area contributed by atoms with Gasteiger partial charge in [-0.2, -0.15) is 0 Å². The van der Waals surface area contributed by atoms with Crippen LogP contribution >= 0.6 is 11.3 Å². The van der Waals surface area contributed by atoms with Crippen molar-refractivity contribution < 1.29 is 9.90 Å². The van der Waals surface area contributed by atoms with Crippen LogP contribution in [0.25, 0.3) is 0 Å². The van der Waals surface area contributed by atoms with E-state index in [2.05, 4.69) is 17.2 Å². The second kappa shape index (κ2) is 7.63. The summed E-state index contributed by atoms with van der Waals surface area (Å²) in [6.07, 6.45) is 0.439. The van der Waals surface area contributed by atoms with Crippen LogP contribution in [-0.4, -0.2) is 17.6 Å². The van der Waals surface area contributed by atoms with E-state index in [-0.39, 0.29) is 12.5 Å². The van der Waals surface area contributed by atoms with Gasteiger partial charge >= 0.3 is 0 Å². The fourth-order valence-electron chi connectivity index (χ4n) is 1.81. The van der Waals surface area contributed by atoms with Crippen LogP contribution in [0.5, 0.6) is 0 Å². The van der Waals surface area contributed by atoms with Crippen LogP contribution in [0.15, 0.2) is 35.7 Å². The number of hydrogen-bond donors (Lipinski definition) is 2. The normalized spacial score (nSPS) is 9.81. The predicted molar refractivity (Wildman–Crippen MR) is 85.2 cm³/mol. The van der Waals surface area contributed by atoms with Crippen molar-refractivity contribution in [2.24, 2.45) is 0 Å². The van der Waals surface area contributed by atoms with E-state index < -0.39 is 0 Å². The van der Waals surface area contributed by atoms with Crippen molar-refractivity contribution in [2.75, 3.05) is 6.61 Å². The Morgan fingerprint density at radius 1 is 1.38 bits per heavy atom. The van der Waals surface area contributed by atoms with Gasteiger partial charge in [0, 0.05) is 22.4 Å². The minimum Gasteiger partial charge on any atom is -0.395 e. The SMILES string of the molecule is Cc1ccsc1CNC(=O)c1cccc(C#CCCO)c1. The third-order valence-corrected chi connectivity index (χ3v) is 3.99. The molecule has 0 spiro atoms. The smallest absolute Gasteiger partial charge is 0.251 e. The summed E-state index contributed by atoms with van der Waals surface area (Å²) in [5, 5.41) is 13.6. The molecule has 0 radical (unpaired) electrons. The molecule has 1 aromatic heterocycles. The number of nitrogens with one attached hydrogen (secondary N) is 1. The van der Waals surface area contributed by atoms with E-state index in [1.54, 1.807) is 23.5 Å². The van der Waals surface area contributed by atoms with Gasteiger partial charge in [0.25, 0.3) is 5.91 Å². The first kappa shape index (κ1) is 15.3. The Hall–Kier alpha value is -2.09. The average molecular weight is 299 g/mol. The molecule has 1 amide bonds. The van der Waals surface area contributed by atoms with Crippen LogP contribution in [0, 0.1) is 18.8 Å². The van der Waals surface area contributed by atoms with E-state index in [4.69, 9.17) is 5.11 Å². The number of aliphatic hydroxyl groups is 1. The molecular weight excluding hydrogens is 282 g/mol. The zero-order valence-corrected chi connectivity index (χ0v) is 12.7. The standard InChI is InChI=1S/C17H17NO2S/c1-13-8-10-21-16(13)12-18-17(20)15-7-4-6-14(11-15)5-2-3-9-19/h4,6-8,10-11,19H,3,9,12H2,1H3,(H,18,20). The fourth-order valence-corrected chi connectivity index (χ4v) is 2.65. The highest BCUT2D eigenvalue weighted by Crippen LogP contribution is 2.15. The number of benzene rings is 1. The molecule has 1 aromatic carbocycles. The third kappa shape index (κ3) is 4.45. The number of thiophene rings is 1. The summed E-state index contributed by atoms with van der Waals surface area (Å²) in [5.41, 5.74) is 2.58. The van der Waals surface area contributed by atoms with Gasteiger partial charge in [-0.05, 0) is 42.1 Å². The van der Waals surface area contributed by atoms with E-state index in [9.17, 15) is 4.79 Å². The van der Waals surface area contributed by atoms with Crippen LogP contribution in [0.4, 0.5) is 0 Å². The topological polar surface area (TPSA) is 49.3 Å². The first-order valence-corrected chi connectivity index (χ1v) is 7.59. The molecule has 0 aliphatic carbocycles. The molecule has 0 saturated carbocycles. The molecule has 0 atom stereocenters. The highest BCUT2D eigenvalue weighted by molar-refractivity contribution is 7.10. The predicted octanol–water partition coefficient (Wildman–Crippen LogP) is 2.72. The molecule has 1 heterocycles. The van der Waals surface area contributed by atoms with Gasteiger partial charge in [-0.3, -0.25) is 4.79 Å². The Morgan fingerprint density at radius 2 is 2.24 bits per heavy atom. The Morgan fingerprint density at radius 3 is 2.95 bits per heavy atom. The molecule has 0 bridgehead atoms. The van der Waals surface area contributed by atoms with E-state index in [0.29, 0.717) is 18.5 Å². The zero-order chi connectivity index (χ0) is 15.1. The maximum absolute atomic E-state index is 12.1. The minimum absolute atomic E-state index is 0.0490. The van der Waals surface area contributed by atoms with Crippen molar-refractivity contribution in [3.63, 3.8) is 0 Å². The van der Waals surface area contributed by atoms with Crippen molar-refractivity contribution in [2.45, 2.75) is 19.9 Å². The first-order valence-electron chi connectivity index (χ1n) is 6.71. The van der Waals surface area contributed by atoms with Gasteiger partial charge in [0.05, 0.1) is 13.2 Å². The molecule has 0 fully saturated rings. The number of rotatable bonds is 4. The number of aliphatic hydroxyl groups excluding tert-OH is 1. The Bertz CT molecular complexity index is 679. The highest BCUT2D eigenvalue weighted by atomic mass is 32.1. The summed E-state index contributed by atoms with van der Waals surface area (Å²) in [6, 6.07) is 9.25. The van der Waals surface area contributed by atoms with Crippen molar-refractivity contribution in [1.29, 1.82) is 0 Å². The number of carbonyl (C=O) groups is 1. The molecule has 0 aliphatic rings. The fraction of sp³-hybridized carbons (Fsp3) is 0.235. The Labute approximate surface area is 128 Å². The van der Waals surface area contributed by atoms with Crippen LogP contribution in [0.3, 0.4) is 0 Å². The molecular formula is C17H17NO2S. The lowest BCUT2D eigenvalue weighted by Gasteiger charge is -2.05. The number of hydrogen-bond acceptors (Lipinski definition) is 3. The van der Waals surface area contributed by atoms with Crippen LogP contribution < -0.4 is 5.32 Å². The van der Waals surface area contributed by atoms with Gasteiger partial charge in [0.1, 0.15) is 0 Å². The highest BCUT2D eigenvalue weighted by Gasteiger charge is 2.07. The molecule has 0 saturated heterocycles. The molecule has 4 heteroatoms. The van der Waals surface area contributed by atoms with Crippen molar-refractivity contribution in [3.8, 4) is 11.8 Å². The Balaban J connectivity index is 2.01. The summed E-state index contributed by atoms with van der Waals surface area (Å²) in [6.45, 7) is 2.63. The van der Waals surface area contributed by atoms with Gasteiger partial charge in [-0.25, -0.2) is 0 Å². The quantitative estimate of drug-likeness (QED) is 0.853. The maximum atomic E-state index is 12.1. The molecule has 3 nitrogen and oxygen atoms in total. The van der Waals surface area contributed by atoms with Crippen LogP contribution in [0.2, 0.25) is 0 Å². The lowest BCUT2D eigenvalue weighted by Crippen LogP contribution is -2.22. The summed E-state index contributed by atoms with van der Waals surface area (Å²) in [7, 11) is 0. The number of amides is 1. The monoisotopic (exact) mass is 299 g/mol. The Kier molecular flexibility index (Phi) is 5.56. The van der Waals surface area contributed by atoms with E-state index >= 15 is 0 Å².